The first-order valence-electron chi connectivity index (χ1n) is 4.28. The van der Waals surface area contributed by atoms with Crippen LogP contribution in [0.4, 0.5) is 4.39 Å². The lowest BCUT2D eigenvalue weighted by molar-refractivity contribution is -0.122. The molecule has 0 saturated heterocycles. The number of hydrogen-bond donors (Lipinski definition) is 2. The Bertz CT molecular complexity index is 289. The van der Waals surface area contributed by atoms with Crippen LogP contribution in [0.1, 0.15) is 5.56 Å². The van der Waals surface area contributed by atoms with Gasteiger partial charge in [-0.05, 0) is 11.6 Å². The van der Waals surface area contributed by atoms with Crippen molar-refractivity contribution in [3.8, 4) is 0 Å². The van der Waals surface area contributed by atoms with Crippen LogP contribution in [0.25, 0.3) is 0 Å². The molecule has 0 aromatic heterocycles. The molecule has 0 aliphatic heterocycles. The van der Waals surface area contributed by atoms with E-state index in [4.69, 9.17) is 5.73 Å². The predicted octanol–water partition coefficient (Wildman–Crippen LogP) is 0.400. The highest BCUT2D eigenvalue weighted by atomic mass is 19.1. The van der Waals surface area contributed by atoms with Crippen molar-refractivity contribution in [3.63, 3.8) is 0 Å². The number of carbonyl (C=O) groups is 1. The number of benzene rings is 1. The van der Waals surface area contributed by atoms with Gasteiger partial charge in [-0.3, -0.25) is 4.79 Å². The van der Waals surface area contributed by atoms with Crippen molar-refractivity contribution < 1.29 is 9.18 Å². The standard InChI is InChI=1S/C10H12FN2O/c11-6-9(12)10(14)13-7-8-4-2-1-3-5-8/h2-5,9H,6-7,12H2,(H,13,14). The van der Waals surface area contributed by atoms with Crippen molar-refractivity contribution in [1.82, 2.24) is 5.32 Å². The molecule has 1 aromatic rings. The third kappa shape index (κ3) is 3.14. The van der Waals surface area contributed by atoms with Gasteiger partial charge in [0.05, 0.1) is 0 Å². The molecule has 14 heavy (non-hydrogen) atoms. The highest BCUT2D eigenvalue weighted by Crippen LogP contribution is 1.96. The molecule has 0 heterocycles. The zero-order valence-electron chi connectivity index (χ0n) is 7.66. The molecule has 4 heteroatoms. The van der Waals surface area contributed by atoms with E-state index in [9.17, 15) is 9.18 Å². The number of alkyl halides is 1. The van der Waals surface area contributed by atoms with Gasteiger partial charge in [0.1, 0.15) is 12.7 Å². The maximum Gasteiger partial charge on any atom is 0.239 e. The van der Waals surface area contributed by atoms with Gasteiger partial charge in [0.2, 0.25) is 5.91 Å². The normalized spacial score (nSPS) is 12.1. The lowest BCUT2D eigenvalue weighted by Gasteiger charge is -2.08. The fraction of sp³-hybridized carbons (Fsp3) is 0.300. The summed E-state index contributed by atoms with van der Waals surface area (Å²) >= 11 is 0. The van der Waals surface area contributed by atoms with Crippen LogP contribution in [0, 0.1) is 6.07 Å². The Kier molecular flexibility index (Phi) is 4.07. The van der Waals surface area contributed by atoms with Crippen LogP contribution in [-0.2, 0) is 11.3 Å². The molecule has 1 atom stereocenters. The fourth-order valence-corrected chi connectivity index (χ4v) is 0.930. The summed E-state index contributed by atoms with van der Waals surface area (Å²) < 4.78 is 12.0. The molecule has 1 amide bonds. The summed E-state index contributed by atoms with van der Waals surface area (Å²) in [6.07, 6.45) is 0. The number of rotatable bonds is 4. The van der Waals surface area contributed by atoms with Crippen LogP contribution in [0.5, 0.6) is 0 Å². The SMILES string of the molecule is NC(CF)C(=O)NCc1cc[c]cc1. The second-order valence-corrected chi connectivity index (χ2v) is 2.89. The first-order valence-corrected chi connectivity index (χ1v) is 4.28. The zero-order chi connectivity index (χ0) is 10.4. The molecule has 0 aliphatic carbocycles. The maximum atomic E-state index is 12.0. The Morgan fingerprint density at radius 2 is 2.21 bits per heavy atom. The van der Waals surface area contributed by atoms with E-state index >= 15 is 0 Å². The lowest BCUT2D eigenvalue weighted by atomic mass is 10.2. The smallest absolute Gasteiger partial charge is 0.239 e. The molecular formula is C10H12FN2O. The molecule has 3 N–H and O–H groups in total. The average molecular weight is 195 g/mol. The highest BCUT2D eigenvalue weighted by molar-refractivity contribution is 5.81. The molecule has 1 aromatic carbocycles. The molecular weight excluding hydrogens is 183 g/mol. The maximum absolute atomic E-state index is 12.0. The summed E-state index contributed by atoms with van der Waals surface area (Å²) in [6.45, 7) is -0.477. The Balaban J connectivity index is 2.38. The van der Waals surface area contributed by atoms with Crippen LogP contribution in [0.15, 0.2) is 24.3 Å². The quantitative estimate of drug-likeness (QED) is 0.730. The van der Waals surface area contributed by atoms with E-state index in [1.165, 1.54) is 0 Å². The van der Waals surface area contributed by atoms with Crippen molar-refractivity contribution in [2.75, 3.05) is 6.67 Å². The van der Waals surface area contributed by atoms with E-state index in [2.05, 4.69) is 11.4 Å². The molecule has 1 rings (SSSR count). The topological polar surface area (TPSA) is 55.1 Å². The second kappa shape index (κ2) is 5.34. The van der Waals surface area contributed by atoms with Gasteiger partial charge in [0.15, 0.2) is 0 Å². The Labute approximate surface area is 82.1 Å². The largest absolute Gasteiger partial charge is 0.351 e. The first-order chi connectivity index (χ1) is 6.74. The minimum atomic E-state index is -1.06. The summed E-state index contributed by atoms with van der Waals surface area (Å²) in [4.78, 5) is 11.1. The van der Waals surface area contributed by atoms with E-state index in [1.54, 1.807) is 12.1 Å². The van der Waals surface area contributed by atoms with E-state index in [-0.39, 0.29) is 0 Å². The number of halogens is 1. The number of nitrogens with two attached hydrogens (primary N) is 1. The number of amides is 1. The van der Waals surface area contributed by atoms with Crippen LogP contribution < -0.4 is 11.1 Å². The van der Waals surface area contributed by atoms with Crippen molar-refractivity contribution >= 4 is 5.91 Å². The van der Waals surface area contributed by atoms with Crippen molar-refractivity contribution in [2.24, 2.45) is 5.73 Å². The molecule has 1 radical (unpaired) electrons. The number of nitrogens with one attached hydrogen (secondary N) is 1. The van der Waals surface area contributed by atoms with Crippen molar-refractivity contribution in [2.45, 2.75) is 12.6 Å². The highest BCUT2D eigenvalue weighted by Gasteiger charge is 2.11. The first kappa shape index (κ1) is 10.7. The summed E-state index contributed by atoms with van der Waals surface area (Å²) in [7, 11) is 0. The average Bonchev–Trinajstić information content (AvgIpc) is 2.26. The van der Waals surface area contributed by atoms with E-state index in [1.807, 2.05) is 12.1 Å². The molecule has 0 fully saturated rings. The third-order valence-corrected chi connectivity index (χ3v) is 1.76. The van der Waals surface area contributed by atoms with Gasteiger partial charge in [-0.2, -0.15) is 0 Å². The Hall–Kier alpha value is -1.42. The van der Waals surface area contributed by atoms with Crippen LogP contribution >= 0.6 is 0 Å². The van der Waals surface area contributed by atoms with Crippen molar-refractivity contribution in [3.05, 3.63) is 35.9 Å². The van der Waals surface area contributed by atoms with Gasteiger partial charge in [-0.25, -0.2) is 4.39 Å². The number of carbonyl (C=O) groups excluding carboxylic acids is 1. The van der Waals surface area contributed by atoms with E-state index in [0.717, 1.165) is 5.56 Å². The number of hydrogen-bond acceptors (Lipinski definition) is 2. The van der Waals surface area contributed by atoms with E-state index in [0.29, 0.717) is 6.54 Å². The van der Waals surface area contributed by atoms with Gasteiger partial charge < -0.3 is 11.1 Å². The monoisotopic (exact) mass is 195 g/mol. The minimum Gasteiger partial charge on any atom is -0.351 e. The van der Waals surface area contributed by atoms with Crippen molar-refractivity contribution in [1.29, 1.82) is 0 Å². The molecule has 3 nitrogen and oxygen atoms in total. The van der Waals surface area contributed by atoms with Gasteiger partial charge in [-0.1, -0.05) is 24.3 Å². The third-order valence-electron chi connectivity index (χ3n) is 1.76. The second-order valence-electron chi connectivity index (χ2n) is 2.89. The molecule has 0 aliphatic rings. The van der Waals surface area contributed by atoms with Gasteiger partial charge in [0.25, 0.3) is 0 Å². The van der Waals surface area contributed by atoms with Gasteiger partial charge in [-0.15, -0.1) is 0 Å². The Morgan fingerprint density at radius 3 is 2.79 bits per heavy atom. The Morgan fingerprint density at radius 1 is 1.57 bits per heavy atom. The van der Waals surface area contributed by atoms with Crippen LogP contribution in [-0.4, -0.2) is 18.6 Å². The van der Waals surface area contributed by atoms with Gasteiger partial charge in [0, 0.05) is 6.54 Å². The lowest BCUT2D eigenvalue weighted by Crippen LogP contribution is -2.41. The zero-order valence-corrected chi connectivity index (χ0v) is 7.66. The summed E-state index contributed by atoms with van der Waals surface area (Å²) in [5, 5.41) is 2.53. The molecule has 0 bridgehead atoms. The predicted molar refractivity (Wildman–Crippen MR) is 51.1 cm³/mol. The van der Waals surface area contributed by atoms with Crippen LogP contribution in [0.3, 0.4) is 0 Å². The molecule has 1 unspecified atom stereocenters. The van der Waals surface area contributed by atoms with E-state index < -0.39 is 18.6 Å². The van der Waals surface area contributed by atoms with Gasteiger partial charge >= 0.3 is 0 Å². The minimum absolute atomic E-state index is 0.362. The van der Waals surface area contributed by atoms with Crippen LogP contribution in [0.2, 0.25) is 0 Å². The fourth-order valence-electron chi connectivity index (χ4n) is 0.930. The molecule has 0 spiro atoms. The molecule has 0 saturated carbocycles. The summed E-state index contributed by atoms with van der Waals surface area (Å²) in [5.74, 6) is -0.472. The summed E-state index contributed by atoms with van der Waals surface area (Å²) in [6, 6.07) is 8.93. The summed E-state index contributed by atoms with van der Waals surface area (Å²) in [5.41, 5.74) is 6.12. The molecule has 75 valence electrons.